The number of carbonyl (C=O) groups is 1. The third-order valence-electron chi connectivity index (χ3n) is 6.64. The van der Waals surface area contributed by atoms with Crippen LogP contribution in [-0.4, -0.2) is 41.9 Å². The van der Waals surface area contributed by atoms with E-state index in [0.717, 1.165) is 23.6 Å². The van der Waals surface area contributed by atoms with Crippen LogP contribution < -0.4 is 0 Å². The molecule has 0 radical (unpaired) electrons. The zero-order valence-electron chi connectivity index (χ0n) is 13.8. The molecular weight excluding hydrogens is 320 g/mol. The fourth-order valence-electron chi connectivity index (χ4n) is 5.32. The lowest BCUT2D eigenvalue weighted by Crippen LogP contribution is -2.44. The van der Waals surface area contributed by atoms with Gasteiger partial charge in [0.05, 0.1) is 11.8 Å². The van der Waals surface area contributed by atoms with Crippen molar-refractivity contribution in [3.8, 4) is 0 Å². The van der Waals surface area contributed by atoms with Gasteiger partial charge in [-0.1, -0.05) is 20.8 Å². The van der Waals surface area contributed by atoms with E-state index in [2.05, 4.69) is 13.8 Å². The molecule has 1 heterocycles. The molecule has 1 amide bonds. The van der Waals surface area contributed by atoms with Gasteiger partial charge in [0.2, 0.25) is 22.5 Å². The summed E-state index contributed by atoms with van der Waals surface area (Å²) < 4.78 is 26.4. The summed E-state index contributed by atoms with van der Waals surface area (Å²) >= 11 is 0. The van der Waals surface area contributed by atoms with Crippen LogP contribution >= 0.6 is 0 Å². The van der Waals surface area contributed by atoms with E-state index in [9.17, 15) is 23.3 Å². The maximum atomic E-state index is 12.7. The third-order valence-corrected chi connectivity index (χ3v) is 8.58. The number of fused-ring (bicyclic) bond motifs is 1. The SMILES string of the molecule is C[C@H](CC(=O)N1[C@@H]2C[C@H]3CC[C@]2(CS1(=O)=O)C3(C)C)C[N+](=O)[O-]. The molecule has 3 fully saturated rings. The first kappa shape index (κ1) is 16.7. The molecule has 3 rings (SSSR count). The zero-order valence-corrected chi connectivity index (χ0v) is 14.6. The average Bonchev–Trinajstić information content (AvgIpc) is 2.83. The topological polar surface area (TPSA) is 97.6 Å². The number of amides is 1. The molecule has 4 atom stereocenters. The Balaban J connectivity index is 1.86. The number of hydrogen-bond acceptors (Lipinski definition) is 5. The average molecular weight is 344 g/mol. The van der Waals surface area contributed by atoms with Crippen molar-refractivity contribution in [1.29, 1.82) is 0 Å². The molecule has 0 aromatic heterocycles. The molecule has 1 saturated heterocycles. The quantitative estimate of drug-likeness (QED) is 0.570. The highest BCUT2D eigenvalue weighted by Gasteiger charge is 2.72. The van der Waals surface area contributed by atoms with Gasteiger partial charge in [0.1, 0.15) is 0 Å². The Labute approximate surface area is 136 Å². The molecule has 23 heavy (non-hydrogen) atoms. The van der Waals surface area contributed by atoms with Crippen molar-refractivity contribution in [2.45, 2.75) is 52.5 Å². The number of hydrogen-bond donors (Lipinski definition) is 0. The minimum atomic E-state index is -3.62. The second-order valence-corrected chi connectivity index (χ2v) is 9.98. The van der Waals surface area contributed by atoms with Crippen molar-refractivity contribution in [2.75, 3.05) is 12.3 Å². The maximum Gasteiger partial charge on any atom is 0.238 e. The molecule has 2 saturated carbocycles. The summed E-state index contributed by atoms with van der Waals surface area (Å²) in [5.41, 5.74) is -0.412. The molecule has 0 aromatic carbocycles. The van der Waals surface area contributed by atoms with Crippen molar-refractivity contribution in [1.82, 2.24) is 4.31 Å². The van der Waals surface area contributed by atoms with Gasteiger partial charge in [-0.25, -0.2) is 12.7 Å². The van der Waals surface area contributed by atoms with Crippen LogP contribution in [-0.2, 0) is 14.8 Å². The standard InChI is InChI=1S/C15H24N2O5S/c1-10(8-16(19)20)6-13(18)17-12-7-11-4-5-15(12,14(11,2)3)9-23(17,21)22/h10-12H,4-9H2,1-3H3/t10-,11-,12-,15-/m1/s1. The maximum absolute atomic E-state index is 12.7. The van der Waals surface area contributed by atoms with E-state index in [1.807, 2.05) is 0 Å². The monoisotopic (exact) mass is 344 g/mol. The summed E-state index contributed by atoms with van der Waals surface area (Å²) in [6, 6.07) is -0.253. The van der Waals surface area contributed by atoms with E-state index in [0.29, 0.717) is 5.92 Å². The summed E-state index contributed by atoms with van der Waals surface area (Å²) in [4.78, 5) is 22.7. The number of sulfonamides is 1. The van der Waals surface area contributed by atoms with Crippen LogP contribution in [0.1, 0.15) is 46.5 Å². The lowest BCUT2D eigenvalue weighted by molar-refractivity contribution is -0.487. The molecule has 1 spiro atoms. The van der Waals surface area contributed by atoms with Gasteiger partial charge in [0, 0.05) is 22.7 Å². The Morgan fingerprint density at radius 2 is 2.09 bits per heavy atom. The van der Waals surface area contributed by atoms with Gasteiger partial charge < -0.3 is 0 Å². The Kier molecular flexibility index (Phi) is 3.56. The van der Waals surface area contributed by atoms with Crippen molar-refractivity contribution < 1.29 is 18.1 Å². The summed E-state index contributed by atoms with van der Waals surface area (Å²) in [6.07, 6.45) is 2.53. The first-order chi connectivity index (χ1) is 10.5. The van der Waals surface area contributed by atoms with Gasteiger partial charge in [0.25, 0.3) is 0 Å². The molecule has 7 nitrogen and oxygen atoms in total. The normalized spacial score (nSPS) is 37.6. The highest BCUT2D eigenvalue weighted by Crippen LogP contribution is 2.70. The third kappa shape index (κ3) is 2.21. The Hall–Kier alpha value is -1.18. The molecule has 0 N–H and O–H groups in total. The van der Waals surface area contributed by atoms with Gasteiger partial charge in [0.15, 0.2) is 0 Å². The molecular formula is C15H24N2O5S. The Bertz CT molecular complexity index is 659. The van der Waals surface area contributed by atoms with Crippen molar-refractivity contribution in [2.24, 2.45) is 22.7 Å². The molecule has 8 heteroatoms. The molecule has 3 aliphatic rings. The second-order valence-electron chi connectivity index (χ2n) is 8.14. The molecule has 1 aliphatic heterocycles. The predicted molar refractivity (Wildman–Crippen MR) is 83.6 cm³/mol. The summed E-state index contributed by atoms with van der Waals surface area (Å²) in [6.45, 7) is 5.56. The summed E-state index contributed by atoms with van der Waals surface area (Å²) in [7, 11) is -3.62. The van der Waals surface area contributed by atoms with Gasteiger partial charge >= 0.3 is 0 Å². The van der Waals surface area contributed by atoms with Crippen LogP contribution in [0.3, 0.4) is 0 Å². The van der Waals surface area contributed by atoms with Crippen LogP contribution in [0, 0.1) is 32.8 Å². The highest BCUT2D eigenvalue weighted by molar-refractivity contribution is 7.90. The minimum absolute atomic E-state index is 0.0452. The second kappa shape index (κ2) is 4.91. The van der Waals surface area contributed by atoms with Crippen molar-refractivity contribution >= 4 is 15.9 Å². The van der Waals surface area contributed by atoms with Gasteiger partial charge in [-0.3, -0.25) is 14.9 Å². The summed E-state index contributed by atoms with van der Waals surface area (Å²) in [5.74, 6) is -0.432. The largest absolute Gasteiger partial charge is 0.274 e. The first-order valence-corrected chi connectivity index (χ1v) is 9.79. The van der Waals surface area contributed by atoms with Crippen LogP contribution in [0.5, 0.6) is 0 Å². The van der Waals surface area contributed by atoms with E-state index < -0.39 is 26.8 Å². The highest BCUT2D eigenvalue weighted by atomic mass is 32.2. The fraction of sp³-hybridized carbons (Fsp3) is 0.933. The number of nitro groups is 1. The molecule has 130 valence electrons. The molecule has 2 bridgehead atoms. The predicted octanol–water partition coefficient (Wildman–Crippen LogP) is 1.66. The number of carbonyl (C=O) groups excluding carboxylic acids is 1. The zero-order chi connectivity index (χ0) is 17.2. The van der Waals surface area contributed by atoms with Crippen molar-refractivity contribution in [3.05, 3.63) is 10.1 Å². The number of rotatable bonds is 4. The van der Waals surface area contributed by atoms with Crippen LogP contribution in [0.25, 0.3) is 0 Å². The molecule has 0 aromatic rings. The molecule has 0 unspecified atom stereocenters. The summed E-state index contributed by atoms with van der Waals surface area (Å²) in [5, 5.41) is 10.6. The minimum Gasteiger partial charge on any atom is -0.274 e. The lowest BCUT2D eigenvalue weighted by atomic mass is 9.69. The van der Waals surface area contributed by atoms with E-state index in [1.54, 1.807) is 6.92 Å². The Morgan fingerprint density at radius 3 is 2.65 bits per heavy atom. The smallest absolute Gasteiger partial charge is 0.238 e. The Morgan fingerprint density at radius 1 is 1.43 bits per heavy atom. The van der Waals surface area contributed by atoms with E-state index >= 15 is 0 Å². The lowest BCUT2D eigenvalue weighted by Gasteiger charge is -2.37. The van der Waals surface area contributed by atoms with E-state index in [1.165, 1.54) is 0 Å². The van der Waals surface area contributed by atoms with Crippen LogP contribution in [0.4, 0.5) is 0 Å². The van der Waals surface area contributed by atoms with E-state index in [-0.39, 0.29) is 35.6 Å². The van der Waals surface area contributed by atoms with Gasteiger partial charge in [-0.2, -0.15) is 0 Å². The van der Waals surface area contributed by atoms with Crippen molar-refractivity contribution in [3.63, 3.8) is 0 Å². The van der Waals surface area contributed by atoms with Crippen LogP contribution in [0.2, 0.25) is 0 Å². The first-order valence-electron chi connectivity index (χ1n) is 8.18. The molecule has 2 aliphatic carbocycles. The van der Waals surface area contributed by atoms with Crippen LogP contribution in [0.15, 0.2) is 0 Å². The fourth-order valence-corrected chi connectivity index (χ4v) is 7.88. The van der Waals surface area contributed by atoms with E-state index in [4.69, 9.17) is 0 Å². The van der Waals surface area contributed by atoms with Gasteiger partial charge in [-0.05, 0) is 30.6 Å². The van der Waals surface area contributed by atoms with Gasteiger partial charge in [-0.15, -0.1) is 0 Å². The number of nitrogens with zero attached hydrogens (tertiary/aromatic N) is 2.